The van der Waals surface area contributed by atoms with Crippen LogP contribution in [0.5, 0.6) is 5.75 Å². The van der Waals surface area contributed by atoms with Crippen molar-refractivity contribution in [2.75, 3.05) is 20.2 Å². The van der Waals surface area contributed by atoms with Crippen molar-refractivity contribution < 1.29 is 23.0 Å². The van der Waals surface area contributed by atoms with Crippen LogP contribution < -0.4 is 10.3 Å². The van der Waals surface area contributed by atoms with Crippen molar-refractivity contribution in [3.63, 3.8) is 0 Å². The van der Waals surface area contributed by atoms with Crippen LogP contribution in [0.3, 0.4) is 0 Å². The molecule has 0 radical (unpaired) electrons. The number of fused-ring (bicyclic) bond motifs is 1. The number of hydrogen-bond acceptors (Lipinski definition) is 7. The van der Waals surface area contributed by atoms with Gasteiger partial charge < -0.3 is 14.4 Å². The zero-order valence-electron chi connectivity index (χ0n) is 21.2. The van der Waals surface area contributed by atoms with E-state index < -0.39 is 12.6 Å². The molecule has 0 aliphatic carbocycles. The van der Waals surface area contributed by atoms with Crippen LogP contribution in [0, 0.1) is 6.92 Å². The van der Waals surface area contributed by atoms with Crippen LogP contribution in [-0.4, -0.2) is 61.6 Å². The number of aryl methyl sites for hydroxylation is 1. The van der Waals surface area contributed by atoms with Crippen LogP contribution in [0.25, 0.3) is 22.4 Å². The van der Waals surface area contributed by atoms with Crippen molar-refractivity contribution >= 4 is 28.7 Å². The molecule has 4 heterocycles. The number of aromatic nitrogens is 5. The lowest BCUT2D eigenvalue weighted by atomic mass is 10.1. The molecule has 39 heavy (non-hydrogen) atoms. The van der Waals surface area contributed by atoms with E-state index in [0.717, 1.165) is 11.8 Å². The average Bonchev–Trinajstić information content (AvgIpc) is 3.43. The normalized spacial score (nSPS) is 14.3. The van der Waals surface area contributed by atoms with Crippen molar-refractivity contribution in [2.45, 2.75) is 39.0 Å². The number of methoxy groups -OCH3 is 1. The zero-order valence-corrected chi connectivity index (χ0v) is 21.9. The Morgan fingerprint density at radius 1 is 1.15 bits per heavy atom. The maximum absolute atomic E-state index is 13.6. The van der Waals surface area contributed by atoms with E-state index in [1.165, 1.54) is 17.7 Å². The highest BCUT2D eigenvalue weighted by atomic mass is 35.5. The van der Waals surface area contributed by atoms with Gasteiger partial charge in [0.15, 0.2) is 5.65 Å². The van der Waals surface area contributed by atoms with Crippen molar-refractivity contribution in [2.24, 2.45) is 0 Å². The third-order valence-electron chi connectivity index (χ3n) is 6.57. The highest BCUT2D eigenvalue weighted by Crippen LogP contribution is 2.32. The molecule has 13 heteroatoms. The molecule has 0 unspecified atom stereocenters. The lowest BCUT2D eigenvalue weighted by Gasteiger charge is -2.31. The summed E-state index contributed by atoms with van der Waals surface area (Å²) >= 11 is 5.99. The Labute approximate surface area is 226 Å². The second kappa shape index (κ2) is 11.0. The molecule has 5 rings (SSSR count). The van der Waals surface area contributed by atoms with Gasteiger partial charge in [-0.1, -0.05) is 23.7 Å². The molecule has 204 valence electrons. The maximum atomic E-state index is 13.6. The Balaban J connectivity index is 1.55. The van der Waals surface area contributed by atoms with Crippen molar-refractivity contribution in [1.82, 2.24) is 29.2 Å². The summed E-state index contributed by atoms with van der Waals surface area (Å²) < 4.78 is 39.6. The molecule has 0 N–H and O–H groups in total. The number of benzene rings is 1. The predicted molar refractivity (Wildman–Crippen MR) is 139 cm³/mol. The van der Waals surface area contributed by atoms with Crippen LogP contribution >= 0.6 is 11.6 Å². The van der Waals surface area contributed by atoms with Crippen LogP contribution in [-0.2, 0) is 11.3 Å². The van der Waals surface area contributed by atoms with Crippen LogP contribution in [0.4, 0.5) is 13.6 Å². The third kappa shape index (κ3) is 5.56. The van der Waals surface area contributed by atoms with Crippen molar-refractivity contribution in [3.05, 3.63) is 69.4 Å². The lowest BCUT2D eigenvalue weighted by Crippen LogP contribution is -2.41. The molecular formula is C26H25ClF2N6O4. The number of carbonyl (C=O) groups is 1. The molecular weight excluding hydrogens is 534 g/mol. The second-order valence-electron chi connectivity index (χ2n) is 9.12. The van der Waals surface area contributed by atoms with E-state index in [1.54, 1.807) is 30.0 Å². The number of piperidine rings is 1. The Morgan fingerprint density at radius 2 is 1.87 bits per heavy atom. The van der Waals surface area contributed by atoms with E-state index in [-0.39, 0.29) is 46.4 Å². The second-order valence-corrected chi connectivity index (χ2v) is 9.55. The van der Waals surface area contributed by atoms with Gasteiger partial charge in [-0.3, -0.25) is 9.36 Å². The first-order chi connectivity index (χ1) is 18.7. The summed E-state index contributed by atoms with van der Waals surface area (Å²) in [5.41, 5.74) is 1.04. The minimum Gasteiger partial charge on any atom is -0.488 e. The van der Waals surface area contributed by atoms with Gasteiger partial charge in [-0.15, -0.1) is 0 Å². The highest BCUT2D eigenvalue weighted by molar-refractivity contribution is 6.30. The molecule has 0 spiro atoms. The standard InChI is InChI=1S/C26H25ClF2N6O4/c1-15-30-23-19(24(36)34(15)14-16-3-5-17(27)6-4-16)13-21(22(31-23)20-9-12-35(32-20)25(28)29)39-18-7-10-33(11-8-18)26(37)38-2/h3-6,9,12-13,18,25H,7-8,10-11,14H2,1-2H3. The number of pyridine rings is 1. The van der Waals surface area contributed by atoms with Gasteiger partial charge in [0.05, 0.1) is 19.0 Å². The van der Waals surface area contributed by atoms with Gasteiger partial charge in [0.25, 0.3) is 5.56 Å². The summed E-state index contributed by atoms with van der Waals surface area (Å²) in [6.07, 6.45) is 1.43. The highest BCUT2D eigenvalue weighted by Gasteiger charge is 2.27. The molecule has 0 saturated carbocycles. The molecule has 0 bridgehead atoms. The quantitative estimate of drug-likeness (QED) is 0.339. The Morgan fingerprint density at radius 3 is 2.51 bits per heavy atom. The van der Waals surface area contributed by atoms with E-state index in [9.17, 15) is 18.4 Å². The molecule has 0 atom stereocenters. The fourth-order valence-corrected chi connectivity index (χ4v) is 4.63. The number of halogens is 3. The maximum Gasteiger partial charge on any atom is 0.409 e. The van der Waals surface area contributed by atoms with Crippen LogP contribution in [0.15, 0.2) is 47.4 Å². The van der Waals surface area contributed by atoms with Crippen LogP contribution in [0.2, 0.25) is 5.02 Å². The van der Waals surface area contributed by atoms with E-state index in [0.29, 0.717) is 41.5 Å². The molecule has 10 nitrogen and oxygen atoms in total. The van der Waals surface area contributed by atoms with Gasteiger partial charge >= 0.3 is 12.6 Å². The van der Waals surface area contributed by atoms with Gasteiger partial charge in [-0.25, -0.2) is 19.4 Å². The van der Waals surface area contributed by atoms with Crippen molar-refractivity contribution in [3.8, 4) is 17.1 Å². The van der Waals surface area contributed by atoms with Crippen LogP contribution in [0.1, 0.15) is 30.8 Å². The molecule has 1 aromatic carbocycles. The number of ether oxygens (including phenoxy) is 2. The smallest absolute Gasteiger partial charge is 0.409 e. The van der Waals surface area contributed by atoms with Gasteiger partial charge in [-0.05, 0) is 36.8 Å². The zero-order chi connectivity index (χ0) is 27.7. The number of nitrogens with zero attached hydrogens (tertiary/aromatic N) is 6. The molecule has 1 fully saturated rings. The number of hydrogen-bond donors (Lipinski definition) is 0. The topological polar surface area (TPSA) is 104 Å². The van der Waals surface area contributed by atoms with Gasteiger partial charge in [-0.2, -0.15) is 13.9 Å². The largest absolute Gasteiger partial charge is 0.488 e. The molecule has 1 amide bonds. The minimum absolute atomic E-state index is 0.152. The monoisotopic (exact) mass is 558 g/mol. The first-order valence-electron chi connectivity index (χ1n) is 12.2. The number of carbonyl (C=O) groups excluding carboxylic acids is 1. The first kappa shape index (κ1) is 26.5. The Hall–Kier alpha value is -4.06. The first-order valence-corrected chi connectivity index (χ1v) is 12.6. The number of amides is 1. The molecule has 1 aliphatic heterocycles. The lowest BCUT2D eigenvalue weighted by molar-refractivity contribution is 0.0567. The van der Waals surface area contributed by atoms with E-state index in [1.807, 2.05) is 12.1 Å². The summed E-state index contributed by atoms with van der Waals surface area (Å²) in [6, 6.07) is 10.1. The van der Waals surface area contributed by atoms with E-state index >= 15 is 0 Å². The predicted octanol–water partition coefficient (Wildman–Crippen LogP) is 4.67. The van der Waals surface area contributed by atoms with E-state index in [4.69, 9.17) is 21.1 Å². The summed E-state index contributed by atoms with van der Waals surface area (Å²) in [4.78, 5) is 36.1. The fraction of sp³-hybridized carbons (Fsp3) is 0.346. The molecule has 1 aliphatic rings. The minimum atomic E-state index is -2.83. The summed E-state index contributed by atoms with van der Waals surface area (Å²) in [5.74, 6) is 0.655. The SMILES string of the molecule is COC(=O)N1CCC(Oc2cc3c(=O)n(Cc4ccc(Cl)cc4)c(C)nc3nc2-c2ccn(C(F)F)n2)CC1. The average molecular weight is 559 g/mol. The Kier molecular flexibility index (Phi) is 7.47. The summed E-state index contributed by atoms with van der Waals surface area (Å²) in [7, 11) is 1.33. The van der Waals surface area contributed by atoms with Gasteiger partial charge in [0.1, 0.15) is 29.1 Å². The summed E-state index contributed by atoms with van der Waals surface area (Å²) in [5, 5.41) is 4.75. The summed E-state index contributed by atoms with van der Waals surface area (Å²) in [6.45, 7) is -0.0203. The number of likely N-dealkylation sites (tertiary alicyclic amines) is 1. The molecule has 3 aromatic heterocycles. The molecule has 4 aromatic rings. The number of rotatable bonds is 6. The fourth-order valence-electron chi connectivity index (χ4n) is 4.50. The van der Waals surface area contributed by atoms with Gasteiger partial charge in [0, 0.05) is 37.2 Å². The Bertz CT molecular complexity index is 1570. The molecule has 1 saturated heterocycles. The third-order valence-corrected chi connectivity index (χ3v) is 6.83. The van der Waals surface area contributed by atoms with Crippen molar-refractivity contribution in [1.29, 1.82) is 0 Å². The van der Waals surface area contributed by atoms with E-state index in [2.05, 4.69) is 15.1 Å². The van der Waals surface area contributed by atoms with Gasteiger partial charge in [0.2, 0.25) is 0 Å². The number of alkyl halides is 2.